The average Bonchev–Trinajstić information content (AvgIpc) is 2.50. The zero-order chi connectivity index (χ0) is 12.6. The number of halogens is 4. The molecule has 96 valence electrons. The molecule has 0 aromatic heterocycles. The van der Waals surface area contributed by atoms with E-state index in [4.69, 9.17) is 0 Å². The summed E-state index contributed by atoms with van der Waals surface area (Å²) in [5, 5.41) is 0. The van der Waals surface area contributed by atoms with Crippen molar-refractivity contribution in [2.45, 2.75) is 44.0 Å². The van der Waals surface area contributed by atoms with Crippen molar-refractivity contribution in [3.63, 3.8) is 0 Å². The van der Waals surface area contributed by atoms with Gasteiger partial charge < -0.3 is 0 Å². The average molecular weight is 264 g/mol. The lowest BCUT2D eigenvalue weighted by molar-refractivity contribution is -0.116. The van der Waals surface area contributed by atoms with Crippen LogP contribution in [-0.4, -0.2) is 19.8 Å². The third-order valence-corrected chi connectivity index (χ3v) is 3.75. The Balaban J connectivity index is 2.80. The van der Waals surface area contributed by atoms with Gasteiger partial charge in [0.25, 0.3) is 0 Å². The Morgan fingerprint density at radius 3 is 1.94 bits per heavy atom. The summed E-state index contributed by atoms with van der Waals surface area (Å²) >= 11 is 0. The van der Waals surface area contributed by atoms with Crippen LogP contribution >= 0.6 is 0 Å². The third kappa shape index (κ3) is 2.85. The Morgan fingerprint density at radius 1 is 1.12 bits per heavy atom. The molecule has 0 spiro atoms. The topological polar surface area (TPSA) is 43.4 Å². The largest absolute Gasteiger partial charge is 0.523 e. The zero-order valence-corrected chi connectivity index (χ0v) is 9.37. The van der Waals surface area contributed by atoms with Crippen LogP contribution in [0, 0.1) is 5.92 Å². The van der Waals surface area contributed by atoms with Crippen molar-refractivity contribution in [2.75, 3.05) is 0 Å². The maximum atomic E-state index is 13.7. The van der Waals surface area contributed by atoms with E-state index < -0.39 is 27.4 Å². The van der Waals surface area contributed by atoms with E-state index in [1.54, 1.807) is 0 Å². The van der Waals surface area contributed by atoms with Gasteiger partial charge in [-0.15, -0.1) is 0 Å². The van der Waals surface area contributed by atoms with Crippen molar-refractivity contribution >= 4 is 10.1 Å². The van der Waals surface area contributed by atoms with Crippen molar-refractivity contribution in [3.8, 4) is 0 Å². The highest BCUT2D eigenvalue weighted by Gasteiger charge is 2.53. The molecule has 8 heteroatoms. The summed E-state index contributed by atoms with van der Waals surface area (Å²) in [4.78, 5) is 0. The molecule has 0 aromatic carbocycles. The first kappa shape index (κ1) is 13.7. The van der Waals surface area contributed by atoms with E-state index in [0.29, 0.717) is 25.7 Å². The van der Waals surface area contributed by atoms with Crippen LogP contribution in [0.4, 0.5) is 17.6 Å². The molecule has 1 aliphatic carbocycles. The van der Waals surface area contributed by atoms with Gasteiger partial charge in [0.05, 0.1) is 0 Å². The van der Waals surface area contributed by atoms with E-state index >= 15 is 0 Å². The normalized spacial score (nSPS) is 23.3. The van der Waals surface area contributed by atoms with Crippen molar-refractivity contribution in [2.24, 2.45) is 5.92 Å². The SMILES string of the molecule is CC(F)(OS(=O)(=O)C(F)(F)F)C1CCCC1. The van der Waals surface area contributed by atoms with Crippen LogP contribution in [0.5, 0.6) is 0 Å². The lowest BCUT2D eigenvalue weighted by atomic mass is 10.0. The monoisotopic (exact) mass is 264 g/mol. The van der Waals surface area contributed by atoms with Crippen LogP contribution in [0.2, 0.25) is 0 Å². The van der Waals surface area contributed by atoms with Gasteiger partial charge >= 0.3 is 15.6 Å². The molecule has 1 rings (SSSR count). The van der Waals surface area contributed by atoms with Crippen LogP contribution in [0.15, 0.2) is 0 Å². The second-order valence-corrected chi connectivity index (χ2v) is 5.49. The lowest BCUT2D eigenvalue weighted by Gasteiger charge is -2.26. The van der Waals surface area contributed by atoms with Crippen LogP contribution in [-0.2, 0) is 14.3 Å². The van der Waals surface area contributed by atoms with E-state index in [1.165, 1.54) is 0 Å². The fraction of sp³-hybridized carbons (Fsp3) is 1.00. The van der Waals surface area contributed by atoms with E-state index in [9.17, 15) is 26.0 Å². The molecule has 16 heavy (non-hydrogen) atoms. The Hall–Kier alpha value is -0.370. The fourth-order valence-corrected chi connectivity index (χ4v) is 2.43. The number of alkyl halides is 4. The van der Waals surface area contributed by atoms with Crippen LogP contribution in [0.1, 0.15) is 32.6 Å². The van der Waals surface area contributed by atoms with E-state index in [0.717, 1.165) is 6.92 Å². The number of hydrogen-bond donors (Lipinski definition) is 0. The highest BCUT2D eigenvalue weighted by atomic mass is 32.2. The minimum absolute atomic E-state index is 0.334. The molecule has 0 heterocycles. The molecule has 1 atom stereocenters. The first-order valence-corrected chi connectivity index (χ1v) is 6.18. The van der Waals surface area contributed by atoms with Gasteiger partial charge in [-0.25, -0.2) is 8.57 Å². The van der Waals surface area contributed by atoms with Gasteiger partial charge in [-0.2, -0.15) is 21.6 Å². The summed E-state index contributed by atoms with van der Waals surface area (Å²) in [6, 6.07) is 0. The standard InChI is InChI=1S/C8H12F4O3S/c1-7(9,6-4-2-3-5-6)15-16(13,14)8(10,11)12/h6H,2-5H2,1H3. The van der Waals surface area contributed by atoms with Gasteiger partial charge in [-0.3, -0.25) is 0 Å². The molecule has 1 aliphatic rings. The molecule has 1 saturated carbocycles. The zero-order valence-electron chi connectivity index (χ0n) is 8.55. The smallest absolute Gasteiger partial charge is 0.223 e. The second-order valence-electron chi connectivity index (χ2n) is 3.95. The number of rotatable bonds is 3. The molecular weight excluding hydrogens is 252 g/mol. The van der Waals surface area contributed by atoms with Gasteiger partial charge in [0, 0.05) is 5.92 Å². The lowest BCUT2D eigenvalue weighted by Crippen LogP contribution is -2.38. The molecule has 0 bridgehead atoms. The Bertz CT molecular complexity index is 341. The predicted octanol–water partition coefficient (Wildman–Crippen LogP) is 2.73. The summed E-state index contributed by atoms with van der Waals surface area (Å²) in [6.07, 6.45) is 2.00. The fourth-order valence-electron chi connectivity index (χ4n) is 1.77. The molecule has 0 N–H and O–H groups in total. The van der Waals surface area contributed by atoms with Gasteiger partial charge in [-0.1, -0.05) is 12.8 Å². The quantitative estimate of drug-likeness (QED) is 0.447. The molecule has 0 radical (unpaired) electrons. The van der Waals surface area contributed by atoms with E-state index in [-0.39, 0.29) is 0 Å². The summed E-state index contributed by atoms with van der Waals surface area (Å²) in [5.74, 6) is -3.59. The first-order chi connectivity index (χ1) is 7.06. The van der Waals surface area contributed by atoms with Crippen LogP contribution in [0.3, 0.4) is 0 Å². The highest BCUT2D eigenvalue weighted by Crippen LogP contribution is 2.40. The Labute approximate surface area is 90.9 Å². The minimum Gasteiger partial charge on any atom is -0.223 e. The first-order valence-electron chi connectivity index (χ1n) is 4.77. The third-order valence-electron chi connectivity index (χ3n) is 2.64. The molecular formula is C8H12F4O3S. The summed E-state index contributed by atoms with van der Waals surface area (Å²) in [7, 11) is -5.87. The van der Waals surface area contributed by atoms with Crippen molar-refractivity contribution in [1.82, 2.24) is 0 Å². The summed E-state index contributed by atoms with van der Waals surface area (Å²) < 4.78 is 74.6. The van der Waals surface area contributed by atoms with Crippen LogP contribution in [0.25, 0.3) is 0 Å². The van der Waals surface area contributed by atoms with Gasteiger partial charge in [0.2, 0.25) is 5.85 Å². The second kappa shape index (κ2) is 4.14. The molecule has 3 nitrogen and oxygen atoms in total. The van der Waals surface area contributed by atoms with Gasteiger partial charge in [0.15, 0.2) is 0 Å². The van der Waals surface area contributed by atoms with Crippen molar-refractivity contribution in [3.05, 3.63) is 0 Å². The van der Waals surface area contributed by atoms with E-state index in [1.807, 2.05) is 0 Å². The Morgan fingerprint density at radius 2 is 1.56 bits per heavy atom. The summed E-state index contributed by atoms with van der Waals surface area (Å²) in [5.41, 5.74) is -5.58. The van der Waals surface area contributed by atoms with Crippen molar-refractivity contribution in [1.29, 1.82) is 0 Å². The molecule has 1 unspecified atom stereocenters. The van der Waals surface area contributed by atoms with Crippen molar-refractivity contribution < 1.29 is 30.2 Å². The van der Waals surface area contributed by atoms with Gasteiger partial charge in [-0.05, 0) is 19.8 Å². The Kier molecular flexibility index (Phi) is 3.54. The molecule has 0 aromatic rings. The number of hydrogen-bond acceptors (Lipinski definition) is 3. The van der Waals surface area contributed by atoms with Crippen LogP contribution < -0.4 is 0 Å². The van der Waals surface area contributed by atoms with Gasteiger partial charge in [0.1, 0.15) is 0 Å². The maximum Gasteiger partial charge on any atom is 0.523 e. The minimum atomic E-state index is -5.87. The molecule has 0 aliphatic heterocycles. The molecule has 0 saturated heterocycles. The maximum absolute atomic E-state index is 13.7. The molecule has 0 amide bonds. The van der Waals surface area contributed by atoms with E-state index in [2.05, 4.69) is 4.18 Å². The highest BCUT2D eigenvalue weighted by molar-refractivity contribution is 7.87. The molecule has 1 fully saturated rings. The predicted molar refractivity (Wildman–Crippen MR) is 47.5 cm³/mol. The summed E-state index contributed by atoms with van der Waals surface area (Å²) in [6.45, 7) is 0.728.